The van der Waals surface area contributed by atoms with Gasteiger partial charge < -0.3 is 15.3 Å². The van der Waals surface area contributed by atoms with E-state index in [1.165, 1.54) is 6.08 Å². The molecule has 0 aliphatic carbocycles. The molecule has 0 aromatic heterocycles. The van der Waals surface area contributed by atoms with Crippen LogP contribution in [0.25, 0.3) is 6.08 Å². The van der Waals surface area contributed by atoms with E-state index in [0.29, 0.717) is 18.4 Å². The van der Waals surface area contributed by atoms with Crippen LogP contribution in [0.3, 0.4) is 0 Å². The van der Waals surface area contributed by atoms with Gasteiger partial charge in [0.25, 0.3) is 0 Å². The average molecular weight is 408 g/mol. The highest BCUT2D eigenvalue weighted by Crippen LogP contribution is 2.21. The van der Waals surface area contributed by atoms with Gasteiger partial charge in [0.15, 0.2) is 5.78 Å². The molecule has 2 aromatic rings. The van der Waals surface area contributed by atoms with Crippen LogP contribution < -0.4 is 0 Å². The van der Waals surface area contributed by atoms with Crippen molar-refractivity contribution in [1.82, 2.24) is 0 Å². The molecule has 0 amide bonds. The van der Waals surface area contributed by atoms with Gasteiger partial charge >= 0.3 is 5.97 Å². The highest BCUT2D eigenvalue weighted by Gasteiger charge is 2.36. The molecule has 2 rings (SSSR count). The zero-order chi connectivity index (χ0) is 22.1. The summed E-state index contributed by atoms with van der Waals surface area (Å²) in [5.74, 6) is -5.17. The second kappa shape index (κ2) is 10.8. The lowest BCUT2D eigenvalue weighted by Crippen LogP contribution is -2.43. The SMILES string of the molecule is CC(C)=CCCC(Cc1ccc(C=CC(=O)c2ccccc2)cc1)C(=O)C(O)(O)O. The minimum Gasteiger partial charge on any atom is -0.337 e. The number of allylic oxidation sites excluding steroid dienone is 3. The van der Waals surface area contributed by atoms with Crippen molar-refractivity contribution in [2.45, 2.75) is 39.1 Å². The largest absolute Gasteiger partial charge is 0.339 e. The number of Topliss-reactive ketones (excluding diaryl/α,β-unsaturated/α-hetero) is 1. The molecule has 1 atom stereocenters. The van der Waals surface area contributed by atoms with E-state index in [-0.39, 0.29) is 12.2 Å². The average Bonchev–Trinajstić information content (AvgIpc) is 2.71. The van der Waals surface area contributed by atoms with E-state index in [9.17, 15) is 24.9 Å². The van der Waals surface area contributed by atoms with Crippen molar-refractivity contribution in [3.05, 3.63) is 89.0 Å². The first-order chi connectivity index (χ1) is 14.2. The zero-order valence-electron chi connectivity index (χ0n) is 17.3. The van der Waals surface area contributed by atoms with Gasteiger partial charge in [-0.15, -0.1) is 0 Å². The van der Waals surface area contributed by atoms with E-state index < -0.39 is 17.7 Å². The molecule has 1 unspecified atom stereocenters. The summed E-state index contributed by atoms with van der Waals surface area (Å²) in [7, 11) is 0. The van der Waals surface area contributed by atoms with Crippen LogP contribution in [-0.2, 0) is 11.2 Å². The van der Waals surface area contributed by atoms with Crippen LogP contribution in [0.1, 0.15) is 48.2 Å². The molecule has 30 heavy (non-hydrogen) atoms. The van der Waals surface area contributed by atoms with Gasteiger partial charge in [0.05, 0.1) is 0 Å². The summed E-state index contributed by atoms with van der Waals surface area (Å²) in [6.07, 6.45) is 6.44. The number of rotatable bonds is 10. The number of benzene rings is 2. The van der Waals surface area contributed by atoms with E-state index in [0.717, 1.165) is 16.7 Å². The highest BCUT2D eigenvalue weighted by molar-refractivity contribution is 6.06. The fourth-order valence-corrected chi connectivity index (χ4v) is 3.09. The maximum atomic E-state index is 12.2. The Morgan fingerprint density at radius 3 is 2.17 bits per heavy atom. The summed E-state index contributed by atoms with van der Waals surface area (Å²) >= 11 is 0. The van der Waals surface area contributed by atoms with Crippen molar-refractivity contribution in [1.29, 1.82) is 0 Å². The molecular weight excluding hydrogens is 380 g/mol. The normalized spacial score (nSPS) is 12.6. The van der Waals surface area contributed by atoms with Crippen molar-refractivity contribution in [2.24, 2.45) is 5.92 Å². The van der Waals surface area contributed by atoms with E-state index >= 15 is 0 Å². The molecule has 0 saturated carbocycles. The van der Waals surface area contributed by atoms with Crippen LogP contribution >= 0.6 is 0 Å². The van der Waals surface area contributed by atoms with E-state index in [1.807, 2.05) is 62.4 Å². The van der Waals surface area contributed by atoms with Crippen molar-refractivity contribution in [3.63, 3.8) is 0 Å². The zero-order valence-corrected chi connectivity index (χ0v) is 17.3. The number of carbonyl (C=O) groups excluding carboxylic acids is 2. The van der Waals surface area contributed by atoms with E-state index in [1.54, 1.807) is 18.2 Å². The highest BCUT2D eigenvalue weighted by atomic mass is 16.7. The molecule has 2 aromatic carbocycles. The van der Waals surface area contributed by atoms with Crippen molar-refractivity contribution in [3.8, 4) is 0 Å². The Morgan fingerprint density at radius 1 is 0.967 bits per heavy atom. The van der Waals surface area contributed by atoms with Crippen LogP contribution in [0, 0.1) is 5.92 Å². The van der Waals surface area contributed by atoms with Gasteiger partial charge in [-0.3, -0.25) is 9.59 Å². The molecule has 0 aliphatic rings. The van der Waals surface area contributed by atoms with Crippen molar-refractivity contribution in [2.75, 3.05) is 0 Å². The Morgan fingerprint density at radius 2 is 1.60 bits per heavy atom. The first-order valence-electron chi connectivity index (χ1n) is 9.88. The molecule has 3 N–H and O–H groups in total. The van der Waals surface area contributed by atoms with Gasteiger partial charge in [-0.05, 0) is 50.3 Å². The molecular formula is C25H28O5. The summed E-state index contributed by atoms with van der Waals surface area (Å²) in [4.78, 5) is 24.4. The molecule has 0 aliphatic heterocycles. The van der Waals surface area contributed by atoms with Gasteiger partial charge in [0, 0.05) is 11.5 Å². The summed E-state index contributed by atoms with van der Waals surface area (Å²) in [6, 6.07) is 16.3. The minimum absolute atomic E-state index is 0.0882. The van der Waals surface area contributed by atoms with Gasteiger partial charge in [-0.1, -0.05) is 72.3 Å². The Hall–Kier alpha value is -2.86. The third-order valence-electron chi connectivity index (χ3n) is 4.72. The van der Waals surface area contributed by atoms with Crippen LogP contribution in [-0.4, -0.2) is 32.9 Å². The topological polar surface area (TPSA) is 94.8 Å². The Kier molecular flexibility index (Phi) is 8.42. The summed E-state index contributed by atoms with van der Waals surface area (Å²) in [6.45, 7) is 3.89. The Labute approximate surface area is 177 Å². The van der Waals surface area contributed by atoms with Crippen LogP contribution in [0.2, 0.25) is 0 Å². The van der Waals surface area contributed by atoms with Crippen molar-refractivity contribution < 1.29 is 24.9 Å². The van der Waals surface area contributed by atoms with Crippen LogP contribution in [0.15, 0.2) is 72.3 Å². The number of ketones is 2. The molecule has 158 valence electrons. The molecule has 0 heterocycles. The summed E-state index contributed by atoms with van der Waals surface area (Å²) < 4.78 is 0. The monoisotopic (exact) mass is 408 g/mol. The molecule has 0 bridgehead atoms. The van der Waals surface area contributed by atoms with Crippen LogP contribution in [0.4, 0.5) is 0 Å². The number of hydrogen-bond acceptors (Lipinski definition) is 5. The summed E-state index contributed by atoms with van der Waals surface area (Å²) in [5.41, 5.74) is 3.37. The fourth-order valence-electron chi connectivity index (χ4n) is 3.09. The number of carbonyl (C=O) groups is 2. The third kappa shape index (κ3) is 7.52. The smallest absolute Gasteiger partial charge is 0.337 e. The first kappa shape index (κ1) is 23.4. The first-order valence-corrected chi connectivity index (χ1v) is 9.88. The van der Waals surface area contributed by atoms with Crippen LogP contribution in [0.5, 0.6) is 0 Å². The molecule has 5 heteroatoms. The van der Waals surface area contributed by atoms with Gasteiger partial charge in [0.1, 0.15) is 0 Å². The number of hydrogen-bond donors (Lipinski definition) is 3. The third-order valence-corrected chi connectivity index (χ3v) is 4.72. The quantitative estimate of drug-likeness (QED) is 0.241. The predicted molar refractivity (Wildman–Crippen MR) is 117 cm³/mol. The van der Waals surface area contributed by atoms with Gasteiger partial charge in [-0.25, -0.2) is 0 Å². The molecule has 5 nitrogen and oxygen atoms in total. The molecule has 0 radical (unpaired) electrons. The lowest BCUT2D eigenvalue weighted by atomic mass is 9.89. The second-order valence-corrected chi connectivity index (χ2v) is 7.56. The predicted octanol–water partition coefficient (Wildman–Crippen LogP) is 3.69. The standard InChI is InChI=1S/C25H28O5/c1-18(2)7-6-10-22(24(27)25(28,29)30)17-20-13-11-19(12-14-20)15-16-23(26)21-8-4-3-5-9-21/h3-5,7-9,11-16,22,28-30H,6,10,17H2,1-2H3. The van der Waals surface area contributed by atoms with Crippen molar-refractivity contribution >= 4 is 17.6 Å². The molecule has 0 spiro atoms. The number of aliphatic hydroxyl groups is 3. The van der Waals surface area contributed by atoms with E-state index in [4.69, 9.17) is 0 Å². The van der Waals surface area contributed by atoms with Gasteiger partial charge in [-0.2, -0.15) is 0 Å². The molecule has 0 fully saturated rings. The molecule has 0 saturated heterocycles. The maximum absolute atomic E-state index is 12.2. The maximum Gasteiger partial charge on any atom is 0.339 e. The second-order valence-electron chi connectivity index (χ2n) is 7.56. The lowest BCUT2D eigenvalue weighted by Gasteiger charge is -2.21. The Bertz CT molecular complexity index is 899. The summed E-state index contributed by atoms with van der Waals surface area (Å²) in [5, 5.41) is 27.9. The minimum atomic E-state index is -3.34. The van der Waals surface area contributed by atoms with Gasteiger partial charge in [0.2, 0.25) is 5.78 Å². The lowest BCUT2D eigenvalue weighted by molar-refractivity contribution is -0.289. The van der Waals surface area contributed by atoms with E-state index in [2.05, 4.69) is 0 Å². The Balaban J connectivity index is 2.06. The fraction of sp³-hybridized carbons (Fsp3) is 0.280.